The molecule has 0 radical (unpaired) electrons. The first-order chi connectivity index (χ1) is 33.9. The SMILES string of the molecule is CC(=O)CCC(=O)N(C1CC1)C1c2ccc(F)cc2N(C(=O)OCc2ccccc2)C2CCCC21.O=C(O)CCC(=O)N(C1CC1)C1c2ccc(F)cc2N(C(=O)OCc2ccccc2)C2CCCC21. The number of rotatable bonds is 14. The van der Waals surface area contributed by atoms with Crippen LogP contribution in [0, 0.1) is 23.5 Å². The smallest absolute Gasteiger partial charge is 0.414 e. The first kappa shape index (κ1) is 48.4. The van der Waals surface area contributed by atoms with E-state index >= 15 is 0 Å². The Kier molecular flexibility index (Phi) is 14.6. The third-order valence-electron chi connectivity index (χ3n) is 14.8. The quantitative estimate of drug-likeness (QED) is 0.130. The molecule has 2 aliphatic heterocycles. The predicted octanol–water partition coefficient (Wildman–Crippen LogP) is 10.6. The summed E-state index contributed by atoms with van der Waals surface area (Å²) in [5.74, 6) is -2.12. The lowest BCUT2D eigenvalue weighted by molar-refractivity contribution is -0.142. The average Bonchev–Trinajstić information content (AvgIpc) is 4.28. The van der Waals surface area contributed by atoms with Gasteiger partial charge >= 0.3 is 18.2 Å². The Labute approximate surface area is 406 Å². The van der Waals surface area contributed by atoms with Crippen molar-refractivity contribution in [1.82, 2.24) is 9.80 Å². The number of aliphatic carboxylic acids is 1. The monoisotopic (exact) mass is 958 g/mol. The van der Waals surface area contributed by atoms with Crippen molar-refractivity contribution in [3.8, 4) is 0 Å². The molecule has 4 saturated carbocycles. The summed E-state index contributed by atoms with van der Waals surface area (Å²) in [6.45, 7) is 1.75. The van der Waals surface area contributed by atoms with Crippen LogP contribution in [-0.4, -0.2) is 74.8 Å². The zero-order valence-corrected chi connectivity index (χ0v) is 39.4. The maximum Gasteiger partial charge on any atom is 0.414 e. The highest BCUT2D eigenvalue weighted by atomic mass is 19.1. The number of amides is 4. The van der Waals surface area contributed by atoms with Gasteiger partial charge in [0.2, 0.25) is 11.8 Å². The lowest BCUT2D eigenvalue weighted by atomic mass is 9.81. The summed E-state index contributed by atoms with van der Waals surface area (Å²) >= 11 is 0. The van der Waals surface area contributed by atoms with Crippen LogP contribution in [0.15, 0.2) is 97.1 Å². The van der Waals surface area contributed by atoms with Gasteiger partial charge in [-0.2, -0.15) is 0 Å². The number of anilines is 2. The van der Waals surface area contributed by atoms with Crippen molar-refractivity contribution < 1.29 is 52.1 Å². The molecule has 4 fully saturated rings. The van der Waals surface area contributed by atoms with E-state index in [-0.39, 0.29) is 105 Å². The number of Topliss-reactive ketones (excluding diaryl/α,β-unsaturated/α-hetero) is 1. The molecule has 6 aliphatic rings. The number of hydrogen-bond acceptors (Lipinski definition) is 8. The maximum absolute atomic E-state index is 14.5. The van der Waals surface area contributed by atoms with Crippen molar-refractivity contribution in [3.63, 3.8) is 0 Å². The Morgan fingerprint density at radius 2 is 0.971 bits per heavy atom. The minimum atomic E-state index is -1.01. The third kappa shape index (κ3) is 10.6. The van der Waals surface area contributed by atoms with Gasteiger partial charge in [0.1, 0.15) is 30.6 Å². The lowest BCUT2D eigenvalue weighted by Crippen LogP contribution is -2.53. The third-order valence-corrected chi connectivity index (χ3v) is 14.8. The Balaban J connectivity index is 0.000000174. The summed E-state index contributed by atoms with van der Waals surface area (Å²) < 4.78 is 40.3. The van der Waals surface area contributed by atoms with Crippen LogP contribution in [0.25, 0.3) is 0 Å². The van der Waals surface area contributed by atoms with Crippen LogP contribution in [0.4, 0.5) is 29.7 Å². The maximum atomic E-state index is 14.5. The molecule has 368 valence electrons. The molecule has 0 aromatic heterocycles. The number of halogens is 2. The van der Waals surface area contributed by atoms with Crippen LogP contribution in [0.2, 0.25) is 0 Å². The van der Waals surface area contributed by atoms with Crippen LogP contribution < -0.4 is 9.80 Å². The number of hydrogen-bond donors (Lipinski definition) is 1. The molecule has 1 N–H and O–H groups in total. The molecule has 2 heterocycles. The van der Waals surface area contributed by atoms with E-state index in [4.69, 9.17) is 14.6 Å². The Hall–Kier alpha value is -6.64. The van der Waals surface area contributed by atoms with E-state index in [9.17, 15) is 37.5 Å². The van der Waals surface area contributed by atoms with Crippen LogP contribution in [0.5, 0.6) is 0 Å². The fraction of sp³-hybridized carbons (Fsp3) is 0.455. The van der Waals surface area contributed by atoms with Crippen molar-refractivity contribution in [2.45, 2.75) is 146 Å². The topological polar surface area (TPSA) is 154 Å². The number of nitrogens with zero attached hydrogens (tertiary/aromatic N) is 4. The van der Waals surface area contributed by atoms with Crippen molar-refractivity contribution in [2.24, 2.45) is 11.8 Å². The predicted molar refractivity (Wildman–Crippen MR) is 255 cm³/mol. The summed E-state index contributed by atoms with van der Waals surface area (Å²) in [4.78, 5) is 83.0. The molecule has 4 amide bonds. The number of carbonyl (C=O) groups excluding carboxylic acids is 5. The number of carboxylic acids is 1. The molecule has 4 aromatic carbocycles. The van der Waals surface area contributed by atoms with E-state index in [2.05, 4.69) is 0 Å². The number of ketones is 1. The van der Waals surface area contributed by atoms with E-state index in [0.717, 1.165) is 86.5 Å². The highest BCUT2D eigenvalue weighted by Gasteiger charge is 2.53. The summed E-state index contributed by atoms with van der Waals surface area (Å²) in [5.41, 5.74) is 4.18. The molecule has 6 atom stereocenters. The largest absolute Gasteiger partial charge is 0.481 e. The Morgan fingerprint density at radius 1 is 0.557 bits per heavy atom. The molecule has 13 nitrogen and oxygen atoms in total. The lowest BCUT2D eigenvalue weighted by Gasteiger charge is -2.47. The first-order valence-electron chi connectivity index (χ1n) is 24.8. The first-order valence-corrected chi connectivity index (χ1v) is 24.8. The van der Waals surface area contributed by atoms with Gasteiger partial charge in [0.15, 0.2) is 0 Å². The van der Waals surface area contributed by atoms with Gasteiger partial charge in [-0.05, 0) is 105 Å². The van der Waals surface area contributed by atoms with E-state index < -0.39 is 29.8 Å². The van der Waals surface area contributed by atoms with Gasteiger partial charge in [0.05, 0.1) is 29.9 Å². The van der Waals surface area contributed by atoms with Crippen LogP contribution in [0.1, 0.15) is 131 Å². The Morgan fingerprint density at radius 3 is 1.36 bits per heavy atom. The second-order valence-corrected chi connectivity index (χ2v) is 19.6. The molecule has 0 saturated heterocycles. The van der Waals surface area contributed by atoms with E-state index in [0.29, 0.717) is 11.4 Å². The van der Waals surface area contributed by atoms with Gasteiger partial charge in [-0.1, -0.05) is 85.6 Å². The molecule has 0 bridgehead atoms. The number of benzene rings is 4. The van der Waals surface area contributed by atoms with Crippen LogP contribution >= 0.6 is 0 Å². The number of ether oxygens (including phenoxy) is 2. The molecule has 10 rings (SSSR count). The molecular weight excluding hydrogens is 899 g/mol. The van der Waals surface area contributed by atoms with E-state index in [1.54, 1.807) is 21.9 Å². The number of fused-ring (bicyclic) bond motifs is 4. The normalized spacial score (nSPS) is 22.8. The molecule has 6 unspecified atom stereocenters. The molecular formula is C55H60F2N4O9. The molecule has 70 heavy (non-hydrogen) atoms. The van der Waals surface area contributed by atoms with Gasteiger partial charge in [-0.25, -0.2) is 18.4 Å². The highest BCUT2D eigenvalue weighted by Crippen LogP contribution is 2.55. The van der Waals surface area contributed by atoms with Crippen molar-refractivity contribution >= 4 is 47.1 Å². The average molecular weight is 959 g/mol. The van der Waals surface area contributed by atoms with Crippen molar-refractivity contribution in [2.75, 3.05) is 9.80 Å². The fourth-order valence-corrected chi connectivity index (χ4v) is 11.5. The molecule has 0 spiro atoms. The standard InChI is InChI=1S/C28H31FN2O4.C27H29FN2O5/c1-18(32)10-15-26(33)30(21-12-13-21)27-22-8-5-9-24(22)31(25-16-20(29)11-14-23(25)27)28(34)35-17-19-6-3-2-4-7-19;28-18-9-12-21-23(15-18)30(27(34)35-16-17-5-2-1-3-6-17)22-8-4-7-20(22)26(21)29(19-10-11-19)24(31)13-14-25(32)33/h2-4,6-7,11,14,16,21-22,24,27H,5,8-10,12-13,15,17H2,1H3;1-3,5-6,9,12,15,19-20,22,26H,4,7-8,10-11,13-14,16H2,(H,32,33). The number of carbonyl (C=O) groups is 6. The van der Waals surface area contributed by atoms with Gasteiger partial charge in [-0.3, -0.25) is 24.2 Å². The second-order valence-electron chi connectivity index (χ2n) is 19.6. The van der Waals surface area contributed by atoms with Crippen molar-refractivity contribution in [3.05, 3.63) is 131 Å². The zero-order valence-electron chi connectivity index (χ0n) is 39.4. The number of carboxylic acid groups (broad SMARTS) is 1. The van der Waals surface area contributed by atoms with E-state index in [1.165, 1.54) is 31.2 Å². The van der Waals surface area contributed by atoms with Crippen LogP contribution in [0.3, 0.4) is 0 Å². The fourth-order valence-electron chi connectivity index (χ4n) is 11.5. The van der Waals surface area contributed by atoms with Crippen molar-refractivity contribution in [1.29, 1.82) is 0 Å². The minimum Gasteiger partial charge on any atom is -0.481 e. The van der Waals surface area contributed by atoms with E-state index in [1.807, 2.05) is 70.5 Å². The minimum absolute atomic E-state index is 0.00806. The summed E-state index contributed by atoms with van der Waals surface area (Å²) in [6.07, 6.45) is 7.70. The molecule has 15 heteroatoms. The Bertz CT molecular complexity index is 2410. The summed E-state index contributed by atoms with van der Waals surface area (Å²) in [7, 11) is 0. The second kappa shape index (κ2) is 21.2. The molecule has 4 aromatic rings. The molecule has 4 aliphatic carbocycles. The van der Waals surface area contributed by atoms with Gasteiger partial charge < -0.3 is 29.2 Å². The van der Waals surface area contributed by atoms with Gasteiger partial charge in [-0.15, -0.1) is 0 Å². The van der Waals surface area contributed by atoms with Gasteiger partial charge in [0.25, 0.3) is 0 Å². The summed E-state index contributed by atoms with van der Waals surface area (Å²) in [6, 6.07) is 27.0. The zero-order chi connectivity index (χ0) is 49.1. The summed E-state index contributed by atoms with van der Waals surface area (Å²) in [5, 5.41) is 9.11. The highest BCUT2D eigenvalue weighted by molar-refractivity contribution is 5.92. The van der Waals surface area contributed by atoms with Crippen LogP contribution in [-0.2, 0) is 41.9 Å². The van der Waals surface area contributed by atoms with Gasteiger partial charge in [0, 0.05) is 55.3 Å².